The van der Waals surface area contributed by atoms with Crippen LogP contribution in [0, 0.1) is 29.4 Å². The van der Waals surface area contributed by atoms with Crippen LogP contribution in [0.1, 0.15) is 55.7 Å². The third-order valence-corrected chi connectivity index (χ3v) is 6.28. The Morgan fingerprint density at radius 3 is 2.45 bits per heavy atom. The first-order valence-electron chi connectivity index (χ1n) is 10.5. The monoisotopic (exact) mass is 418 g/mol. The number of Topliss-reactive ketones (excluding diaryl/α,β-unsaturated/α-hetero) is 1. The molecule has 1 heterocycles. The van der Waals surface area contributed by atoms with Crippen molar-refractivity contribution in [2.75, 3.05) is 4.90 Å². The molecule has 1 unspecified atom stereocenters. The zero-order valence-corrected chi connectivity index (χ0v) is 18.3. The number of nitro groups is 1. The van der Waals surface area contributed by atoms with E-state index in [1.807, 2.05) is 45.0 Å². The lowest BCUT2D eigenvalue weighted by atomic mass is 9.69. The number of nitrogens with zero attached hydrogens (tertiary/aromatic N) is 2. The number of hydrogen-bond donors (Lipinski definition) is 0. The molecule has 0 N–H and O–H groups in total. The van der Waals surface area contributed by atoms with Crippen molar-refractivity contribution in [3.8, 4) is 0 Å². The molecule has 0 fully saturated rings. The molecule has 1 amide bonds. The van der Waals surface area contributed by atoms with Gasteiger partial charge in [-0.3, -0.25) is 24.6 Å². The molecular weight excluding hydrogens is 392 g/mol. The molecule has 0 saturated heterocycles. The van der Waals surface area contributed by atoms with Crippen LogP contribution in [0.15, 0.2) is 53.7 Å². The first-order chi connectivity index (χ1) is 14.6. The van der Waals surface area contributed by atoms with Crippen molar-refractivity contribution in [3.05, 3.63) is 80.5 Å². The number of benzene rings is 2. The van der Waals surface area contributed by atoms with E-state index in [-0.39, 0.29) is 40.8 Å². The third-order valence-electron chi connectivity index (χ3n) is 6.28. The molecule has 2 aromatic carbocycles. The van der Waals surface area contributed by atoms with Gasteiger partial charge < -0.3 is 0 Å². The Kier molecular flexibility index (Phi) is 5.04. The van der Waals surface area contributed by atoms with Crippen molar-refractivity contribution < 1.29 is 14.5 Å². The van der Waals surface area contributed by atoms with Gasteiger partial charge in [0, 0.05) is 36.1 Å². The molecule has 1 aliphatic heterocycles. The van der Waals surface area contributed by atoms with Crippen molar-refractivity contribution in [2.24, 2.45) is 5.41 Å². The summed E-state index contributed by atoms with van der Waals surface area (Å²) in [4.78, 5) is 39.6. The predicted molar refractivity (Wildman–Crippen MR) is 119 cm³/mol. The van der Waals surface area contributed by atoms with Gasteiger partial charge in [0.1, 0.15) is 5.69 Å². The normalized spacial score (nSPS) is 20.6. The predicted octanol–water partition coefficient (Wildman–Crippen LogP) is 5.38. The average molecular weight is 418 g/mol. The number of ketones is 1. The number of hydrogen-bond acceptors (Lipinski definition) is 4. The highest BCUT2D eigenvalue weighted by atomic mass is 16.6. The molecule has 4 rings (SSSR count). The van der Waals surface area contributed by atoms with E-state index in [9.17, 15) is 19.7 Å². The van der Waals surface area contributed by atoms with Crippen LogP contribution in [0.25, 0.3) is 0 Å². The lowest BCUT2D eigenvalue weighted by Gasteiger charge is -2.43. The number of carbonyl (C=O) groups is 2. The van der Waals surface area contributed by atoms with E-state index in [4.69, 9.17) is 0 Å². The van der Waals surface area contributed by atoms with Crippen molar-refractivity contribution in [1.82, 2.24) is 0 Å². The summed E-state index contributed by atoms with van der Waals surface area (Å²) < 4.78 is 0. The summed E-state index contributed by atoms with van der Waals surface area (Å²) in [5.74, 6) is -0.524. The average Bonchev–Trinajstić information content (AvgIpc) is 2.67. The topological polar surface area (TPSA) is 80.5 Å². The fourth-order valence-electron chi connectivity index (χ4n) is 4.91. The molecule has 6 nitrogen and oxygen atoms in total. The Bertz CT molecular complexity index is 1150. The minimum Gasteiger partial charge on any atom is -0.294 e. The van der Waals surface area contributed by atoms with E-state index in [0.29, 0.717) is 24.1 Å². The highest BCUT2D eigenvalue weighted by molar-refractivity contribution is 6.08. The van der Waals surface area contributed by atoms with Crippen LogP contribution < -0.4 is 4.90 Å². The zero-order valence-electron chi connectivity index (χ0n) is 18.3. The van der Waals surface area contributed by atoms with E-state index in [0.717, 1.165) is 16.7 Å². The second-order valence-corrected chi connectivity index (χ2v) is 9.39. The standard InChI is InChI=1S/C25H26N2O4/c1-15-9-10-19(20(11-15)27(30)31)26-21-13-25(3,4)14-22(28)24(21)18(12-23(26)29)17-8-6-5-7-16(17)2/h5-11,18H,12-14H2,1-4H3. The molecule has 2 aliphatic rings. The SMILES string of the molecule is Cc1ccc(N2C(=O)CC(c3ccccc3C)C3=C2CC(C)(C)CC3=O)c([N+](=O)[O-])c1. The minimum atomic E-state index is -0.459. The molecule has 0 aromatic heterocycles. The van der Waals surface area contributed by atoms with Gasteiger partial charge in [0.2, 0.25) is 5.91 Å². The van der Waals surface area contributed by atoms with Crippen LogP contribution >= 0.6 is 0 Å². The van der Waals surface area contributed by atoms with Gasteiger partial charge in [-0.1, -0.05) is 44.2 Å². The molecule has 160 valence electrons. The fraction of sp³-hybridized carbons (Fsp3) is 0.360. The van der Waals surface area contributed by atoms with Crippen LogP contribution in [-0.2, 0) is 9.59 Å². The number of anilines is 1. The molecule has 6 heteroatoms. The first kappa shape index (κ1) is 21.0. The fourth-order valence-corrected chi connectivity index (χ4v) is 4.91. The Morgan fingerprint density at radius 1 is 1.06 bits per heavy atom. The molecule has 1 atom stereocenters. The largest absolute Gasteiger partial charge is 0.294 e. The number of aryl methyl sites for hydroxylation is 2. The van der Waals surface area contributed by atoms with E-state index in [1.54, 1.807) is 19.1 Å². The highest BCUT2D eigenvalue weighted by Gasteiger charge is 2.45. The quantitative estimate of drug-likeness (QED) is 0.495. The van der Waals surface area contributed by atoms with Gasteiger partial charge in [0.25, 0.3) is 5.69 Å². The van der Waals surface area contributed by atoms with Gasteiger partial charge >= 0.3 is 0 Å². The molecule has 1 aliphatic carbocycles. The van der Waals surface area contributed by atoms with Gasteiger partial charge in [-0.15, -0.1) is 0 Å². The summed E-state index contributed by atoms with van der Waals surface area (Å²) in [6.07, 6.45) is 1.01. The van der Waals surface area contributed by atoms with Crippen molar-refractivity contribution in [2.45, 2.75) is 52.9 Å². The van der Waals surface area contributed by atoms with Gasteiger partial charge in [-0.25, -0.2) is 0 Å². The number of rotatable bonds is 3. The Labute approximate surface area is 181 Å². The lowest BCUT2D eigenvalue weighted by Crippen LogP contribution is -2.44. The molecule has 0 bridgehead atoms. The van der Waals surface area contributed by atoms with Crippen LogP contribution in [0.5, 0.6) is 0 Å². The van der Waals surface area contributed by atoms with E-state index >= 15 is 0 Å². The molecule has 0 saturated carbocycles. The summed E-state index contributed by atoms with van der Waals surface area (Å²) >= 11 is 0. The molecular formula is C25H26N2O4. The maximum Gasteiger partial charge on any atom is 0.293 e. The maximum atomic E-state index is 13.5. The highest BCUT2D eigenvalue weighted by Crippen LogP contribution is 2.49. The van der Waals surface area contributed by atoms with Gasteiger partial charge in [0.05, 0.1) is 4.92 Å². The Balaban J connectivity index is 1.97. The number of carbonyl (C=O) groups excluding carboxylic acids is 2. The Hall–Kier alpha value is -3.28. The van der Waals surface area contributed by atoms with Gasteiger partial charge in [-0.05, 0) is 48.4 Å². The van der Waals surface area contributed by atoms with Crippen LogP contribution in [0.2, 0.25) is 0 Å². The van der Waals surface area contributed by atoms with Gasteiger partial charge in [0.15, 0.2) is 5.78 Å². The number of nitro benzene ring substituents is 1. The Morgan fingerprint density at radius 2 is 1.77 bits per heavy atom. The number of amides is 1. The van der Waals surface area contributed by atoms with Gasteiger partial charge in [-0.2, -0.15) is 0 Å². The zero-order chi connectivity index (χ0) is 22.5. The second-order valence-electron chi connectivity index (χ2n) is 9.39. The third kappa shape index (κ3) is 3.67. The molecule has 31 heavy (non-hydrogen) atoms. The van der Waals surface area contributed by atoms with Crippen LogP contribution in [0.4, 0.5) is 11.4 Å². The van der Waals surface area contributed by atoms with Crippen molar-refractivity contribution in [1.29, 1.82) is 0 Å². The van der Waals surface area contributed by atoms with E-state index in [2.05, 4.69) is 0 Å². The van der Waals surface area contributed by atoms with E-state index < -0.39 is 4.92 Å². The minimum absolute atomic E-state index is 0.0202. The molecule has 2 aromatic rings. The van der Waals surface area contributed by atoms with Crippen LogP contribution in [-0.4, -0.2) is 16.6 Å². The number of allylic oxidation sites excluding steroid dienone is 2. The molecule has 0 radical (unpaired) electrons. The maximum absolute atomic E-state index is 13.5. The van der Waals surface area contributed by atoms with Crippen LogP contribution in [0.3, 0.4) is 0 Å². The smallest absolute Gasteiger partial charge is 0.293 e. The lowest BCUT2D eigenvalue weighted by molar-refractivity contribution is -0.384. The summed E-state index contributed by atoms with van der Waals surface area (Å²) in [7, 11) is 0. The summed E-state index contributed by atoms with van der Waals surface area (Å²) in [6.45, 7) is 7.76. The molecule has 0 spiro atoms. The van der Waals surface area contributed by atoms with Crippen molar-refractivity contribution in [3.63, 3.8) is 0 Å². The first-order valence-corrected chi connectivity index (χ1v) is 10.5. The summed E-state index contributed by atoms with van der Waals surface area (Å²) in [5.41, 5.74) is 3.76. The summed E-state index contributed by atoms with van der Waals surface area (Å²) in [5, 5.41) is 11.8. The summed E-state index contributed by atoms with van der Waals surface area (Å²) in [6, 6.07) is 12.7. The van der Waals surface area contributed by atoms with E-state index in [1.165, 1.54) is 11.0 Å². The second kappa shape index (κ2) is 7.45. The van der Waals surface area contributed by atoms with Crippen molar-refractivity contribution >= 4 is 23.1 Å².